The van der Waals surface area contributed by atoms with Crippen LogP contribution in [0.4, 0.5) is 0 Å². The number of nitrogens with one attached hydrogen (secondary N) is 1. The van der Waals surface area contributed by atoms with Gasteiger partial charge in [0.05, 0.1) is 23.2 Å². The fourth-order valence-electron chi connectivity index (χ4n) is 3.22. The van der Waals surface area contributed by atoms with Gasteiger partial charge >= 0.3 is 0 Å². The molecule has 1 aliphatic rings. The van der Waals surface area contributed by atoms with Crippen molar-refractivity contribution in [1.29, 1.82) is 0 Å². The number of benzene rings is 1. The van der Waals surface area contributed by atoms with E-state index in [1.165, 1.54) is 6.42 Å². The predicted molar refractivity (Wildman–Crippen MR) is 88.2 cm³/mol. The molecule has 1 aromatic carbocycles. The first-order valence-electron chi connectivity index (χ1n) is 7.78. The van der Waals surface area contributed by atoms with Gasteiger partial charge in [-0.1, -0.05) is 13.8 Å². The summed E-state index contributed by atoms with van der Waals surface area (Å²) in [7, 11) is 2.67. The van der Waals surface area contributed by atoms with E-state index in [-0.39, 0.29) is 5.25 Å². The van der Waals surface area contributed by atoms with Crippen LogP contribution in [0.5, 0.6) is 5.75 Å². The molecule has 0 heterocycles. The summed E-state index contributed by atoms with van der Waals surface area (Å²) < 4.78 is 18.1. The van der Waals surface area contributed by atoms with Gasteiger partial charge in [0.1, 0.15) is 5.75 Å². The van der Waals surface area contributed by atoms with Crippen molar-refractivity contribution in [3.05, 3.63) is 24.3 Å². The van der Waals surface area contributed by atoms with E-state index in [1.807, 2.05) is 31.3 Å². The topological polar surface area (TPSA) is 38.3 Å². The molecule has 4 unspecified atom stereocenters. The molecule has 0 saturated heterocycles. The highest BCUT2D eigenvalue weighted by Crippen LogP contribution is 2.34. The second-order valence-electron chi connectivity index (χ2n) is 6.22. The lowest BCUT2D eigenvalue weighted by atomic mass is 9.79. The molecule has 118 valence electrons. The van der Waals surface area contributed by atoms with Crippen molar-refractivity contribution in [2.24, 2.45) is 11.8 Å². The van der Waals surface area contributed by atoms with Crippen LogP contribution in [0.1, 0.15) is 33.1 Å². The molecule has 1 N–H and O–H groups in total. The summed E-state index contributed by atoms with van der Waals surface area (Å²) in [6.45, 7) is 4.55. The minimum atomic E-state index is -0.965. The Bertz CT molecular complexity index is 472. The van der Waals surface area contributed by atoms with Crippen LogP contribution < -0.4 is 10.1 Å². The molecule has 0 spiro atoms. The Kier molecular flexibility index (Phi) is 5.82. The van der Waals surface area contributed by atoms with Gasteiger partial charge in [-0.3, -0.25) is 4.21 Å². The van der Waals surface area contributed by atoms with Crippen molar-refractivity contribution in [2.45, 2.75) is 49.3 Å². The predicted octanol–water partition coefficient (Wildman–Crippen LogP) is 3.22. The van der Waals surface area contributed by atoms with Crippen molar-refractivity contribution >= 4 is 10.8 Å². The van der Waals surface area contributed by atoms with Crippen molar-refractivity contribution in [3.8, 4) is 5.75 Å². The molecule has 1 saturated carbocycles. The van der Waals surface area contributed by atoms with Gasteiger partial charge in [0, 0.05) is 10.9 Å². The lowest BCUT2D eigenvalue weighted by Gasteiger charge is -2.37. The van der Waals surface area contributed by atoms with Gasteiger partial charge in [-0.15, -0.1) is 0 Å². The highest BCUT2D eigenvalue weighted by atomic mass is 32.2. The summed E-state index contributed by atoms with van der Waals surface area (Å²) in [5.74, 6) is 2.16. The lowest BCUT2D eigenvalue weighted by Crippen LogP contribution is -2.45. The van der Waals surface area contributed by atoms with Crippen LogP contribution in [0, 0.1) is 11.8 Å². The summed E-state index contributed by atoms with van der Waals surface area (Å²) in [6.07, 6.45) is 3.40. The molecule has 1 fully saturated rings. The zero-order chi connectivity index (χ0) is 15.4. The molecule has 0 aliphatic heterocycles. The van der Waals surface area contributed by atoms with Crippen LogP contribution in [0.15, 0.2) is 29.2 Å². The first-order chi connectivity index (χ1) is 10.1. The molecule has 3 nitrogen and oxygen atoms in total. The third-order valence-corrected chi connectivity index (χ3v) is 6.52. The molecular formula is C17H27NO2S. The molecule has 2 rings (SSSR count). The zero-order valence-corrected chi connectivity index (χ0v) is 14.3. The van der Waals surface area contributed by atoms with Gasteiger partial charge in [0.25, 0.3) is 0 Å². The molecule has 1 aliphatic carbocycles. The Morgan fingerprint density at radius 2 is 1.90 bits per heavy atom. The van der Waals surface area contributed by atoms with Gasteiger partial charge in [-0.2, -0.15) is 0 Å². The Balaban J connectivity index is 2.16. The van der Waals surface area contributed by atoms with E-state index in [0.717, 1.165) is 23.5 Å². The van der Waals surface area contributed by atoms with Gasteiger partial charge in [0.15, 0.2) is 0 Å². The van der Waals surface area contributed by atoms with Gasteiger partial charge in [0.2, 0.25) is 0 Å². The van der Waals surface area contributed by atoms with Crippen LogP contribution in [0.2, 0.25) is 0 Å². The summed E-state index contributed by atoms with van der Waals surface area (Å²) in [5.41, 5.74) is 0. The second kappa shape index (κ2) is 7.41. The number of hydrogen-bond acceptors (Lipinski definition) is 3. The molecule has 0 bridgehead atoms. The summed E-state index contributed by atoms with van der Waals surface area (Å²) >= 11 is 0. The number of ether oxygens (including phenoxy) is 1. The van der Waals surface area contributed by atoms with Crippen LogP contribution in [-0.2, 0) is 10.8 Å². The van der Waals surface area contributed by atoms with Gasteiger partial charge in [-0.25, -0.2) is 0 Å². The van der Waals surface area contributed by atoms with Crippen LogP contribution >= 0.6 is 0 Å². The quantitative estimate of drug-likeness (QED) is 0.907. The summed E-state index contributed by atoms with van der Waals surface area (Å²) in [4.78, 5) is 0.908. The average Bonchev–Trinajstić information content (AvgIpc) is 2.53. The van der Waals surface area contributed by atoms with Crippen molar-refractivity contribution in [2.75, 3.05) is 14.2 Å². The zero-order valence-electron chi connectivity index (χ0n) is 13.5. The fraction of sp³-hybridized carbons (Fsp3) is 0.647. The molecule has 4 atom stereocenters. The molecular weight excluding hydrogens is 282 g/mol. The van der Waals surface area contributed by atoms with Crippen molar-refractivity contribution < 1.29 is 8.95 Å². The van der Waals surface area contributed by atoms with E-state index in [4.69, 9.17) is 4.74 Å². The molecule has 4 heteroatoms. The van der Waals surface area contributed by atoms with Crippen LogP contribution in [0.3, 0.4) is 0 Å². The maximum absolute atomic E-state index is 13.0. The van der Waals surface area contributed by atoms with Crippen LogP contribution in [-0.4, -0.2) is 29.7 Å². The molecule has 0 radical (unpaired) electrons. The molecule has 21 heavy (non-hydrogen) atoms. The largest absolute Gasteiger partial charge is 0.497 e. The molecule has 0 aromatic heterocycles. The van der Waals surface area contributed by atoms with E-state index in [2.05, 4.69) is 19.2 Å². The SMILES string of the molecule is CNC1CCC(C(C)C)CC1S(=O)c1ccc(OC)cc1. The molecule has 0 amide bonds. The molecule has 1 aromatic rings. The normalized spacial score (nSPS) is 27.6. The lowest BCUT2D eigenvalue weighted by molar-refractivity contribution is 0.249. The maximum atomic E-state index is 13.0. The van der Waals surface area contributed by atoms with E-state index in [0.29, 0.717) is 17.9 Å². The van der Waals surface area contributed by atoms with Crippen molar-refractivity contribution in [3.63, 3.8) is 0 Å². The summed E-state index contributed by atoms with van der Waals surface area (Å²) in [6, 6.07) is 8.00. The minimum Gasteiger partial charge on any atom is -0.497 e. The first kappa shape index (κ1) is 16.5. The van der Waals surface area contributed by atoms with E-state index >= 15 is 0 Å². The van der Waals surface area contributed by atoms with Gasteiger partial charge < -0.3 is 10.1 Å². The van der Waals surface area contributed by atoms with E-state index < -0.39 is 10.8 Å². The van der Waals surface area contributed by atoms with E-state index in [9.17, 15) is 4.21 Å². The monoisotopic (exact) mass is 309 g/mol. The Hall–Kier alpha value is -0.870. The highest BCUT2D eigenvalue weighted by Gasteiger charge is 2.35. The number of rotatable bonds is 5. The van der Waals surface area contributed by atoms with Crippen molar-refractivity contribution in [1.82, 2.24) is 5.32 Å². The number of hydrogen-bond donors (Lipinski definition) is 1. The third kappa shape index (κ3) is 3.86. The fourth-order valence-corrected chi connectivity index (χ4v) is 4.96. The maximum Gasteiger partial charge on any atom is 0.118 e. The third-order valence-electron chi connectivity index (χ3n) is 4.71. The Morgan fingerprint density at radius 1 is 1.24 bits per heavy atom. The van der Waals surface area contributed by atoms with E-state index in [1.54, 1.807) is 7.11 Å². The summed E-state index contributed by atoms with van der Waals surface area (Å²) in [5, 5.41) is 3.57. The van der Waals surface area contributed by atoms with Crippen LogP contribution in [0.25, 0.3) is 0 Å². The van der Waals surface area contributed by atoms with Gasteiger partial charge in [-0.05, 0) is 62.4 Å². The number of methoxy groups -OCH3 is 1. The standard InChI is InChI=1S/C17H27NO2S/c1-12(2)13-5-10-16(18-3)17(11-13)21(19)15-8-6-14(20-4)7-9-15/h6-9,12-13,16-18H,5,10-11H2,1-4H3. The second-order valence-corrected chi connectivity index (χ2v) is 7.90. The Labute approximate surface area is 130 Å². The highest BCUT2D eigenvalue weighted by molar-refractivity contribution is 7.85. The Morgan fingerprint density at radius 3 is 2.43 bits per heavy atom. The first-order valence-corrected chi connectivity index (χ1v) is 9.00. The minimum absolute atomic E-state index is 0.199. The smallest absolute Gasteiger partial charge is 0.118 e. The average molecular weight is 309 g/mol.